The monoisotopic (exact) mass is 173 g/mol. The van der Waals surface area contributed by atoms with E-state index in [1.165, 1.54) is 0 Å². The highest BCUT2D eigenvalue weighted by Gasteiger charge is 1.58. The van der Waals surface area contributed by atoms with Gasteiger partial charge in [-0.2, -0.15) is 0 Å². The second kappa shape index (κ2) is 10.1. The summed E-state index contributed by atoms with van der Waals surface area (Å²) in [5.74, 6) is 0. The van der Waals surface area contributed by atoms with Gasteiger partial charge in [-0.3, -0.25) is 10.2 Å². The molecule has 0 amide bonds. The predicted octanol–water partition coefficient (Wildman–Crippen LogP) is -1.15. The minimum absolute atomic E-state index is 0. The molecule has 0 saturated carbocycles. The van der Waals surface area contributed by atoms with Gasteiger partial charge in [0.25, 0.3) is 0 Å². The Kier molecular flexibility index (Phi) is 11.5. The molecule has 2 N–H and O–H groups in total. The molecule has 2 aromatic rings. The zero-order valence-electron chi connectivity index (χ0n) is 6.38. The van der Waals surface area contributed by atoms with Gasteiger partial charge < -0.3 is 0 Å². The minimum atomic E-state index is 0. The molecule has 0 aliphatic carbocycles. The minimum Gasteiger partial charge on any atom is -0.266 e. The van der Waals surface area contributed by atoms with E-state index in [0.717, 1.165) is 0 Å². The maximum absolute atomic E-state index is 3.42. The van der Waals surface area contributed by atoms with Gasteiger partial charge in [0.05, 0.1) is 12.4 Å². The quantitative estimate of drug-likeness (QED) is 0.493. The number of H-pyrrole nitrogens is 2. The van der Waals surface area contributed by atoms with E-state index in [9.17, 15) is 0 Å². The number of aromatic amines is 2. The summed E-state index contributed by atoms with van der Waals surface area (Å²) in [5, 5.41) is 18.5. The van der Waals surface area contributed by atoms with Crippen molar-refractivity contribution in [3.8, 4) is 0 Å². The molecule has 0 unspecified atom stereocenters. The Morgan fingerprint density at radius 2 is 1.25 bits per heavy atom. The number of nitrogens with zero attached hydrogens (tertiary/aromatic N) is 4. The van der Waals surface area contributed by atoms with Crippen LogP contribution in [0.2, 0.25) is 0 Å². The second-order valence-electron chi connectivity index (χ2n) is 1.32. The number of hydrogen-bond acceptors (Lipinski definition) is 4. The molecule has 0 aromatic carbocycles. The predicted molar refractivity (Wildman–Crippen MR) is 44.3 cm³/mol. The number of rotatable bonds is 0. The molecular weight excluding hydrogens is 167 g/mol. The molecule has 2 rings (SSSR count). The molecule has 0 aliphatic rings. The fourth-order valence-electron chi connectivity index (χ4n) is 0.333. The van der Waals surface area contributed by atoms with Crippen LogP contribution >= 0.6 is 0 Å². The average molecular weight is 173 g/mol. The highest BCUT2D eigenvalue weighted by Crippen LogP contribution is 1.56. The SMILES string of the molecule is [B].[Mg].c1c[nH]nn1.c1c[nH]nn1. The lowest BCUT2D eigenvalue weighted by atomic mass is 10.8. The van der Waals surface area contributed by atoms with Gasteiger partial charge in [-0.25, -0.2) is 0 Å². The smallest absolute Gasteiger partial charge is 0.0690 e. The van der Waals surface area contributed by atoms with E-state index in [1.807, 2.05) is 0 Å². The van der Waals surface area contributed by atoms with Gasteiger partial charge in [-0.05, 0) is 0 Å². The summed E-state index contributed by atoms with van der Waals surface area (Å²) < 4.78 is 0. The third-order valence-corrected chi connectivity index (χ3v) is 0.662. The number of nitrogens with one attached hydrogen (secondary N) is 2. The first-order chi connectivity index (χ1) is 5.00. The average Bonchev–Trinajstić information content (AvgIpc) is 2.67. The van der Waals surface area contributed by atoms with E-state index in [0.29, 0.717) is 0 Å². The van der Waals surface area contributed by atoms with Crippen LogP contribution in [-0.4, -0.2) is 62.3 Å². The van der Waals surface area contributed by atoms with Crippen molar-refractivity contribution >= 4 is 31.5 Å². The Hall–Kier alpha value is -0.889. The van der Waals surface area contributed by atoms with E-state index in [-0.39, 0.29) is 31.5 Å². The molecule has 0 bridgehead atoms. The van der Waals surface area contributed by atoms with Crippen molar-refractivity contribution in [1.29, 1.82) is 0 Å². The lowest BCUT2D eigenvalue weighted by Gasteiger charge is -1.46. The fourth-order valence-corrected chi connectivity index (χ4v) is 0.333. The van der Waals surface area contributed by atoms with Crippen LogP contribution in [0.25, 0.3) is 0 Å². The highest BCUT2D eigenvalue weighted by molar-refractivity contribution is 5.76. The van der Waals surface area contributed by atoms with Crippen molar-refractivity contribution < 1.29 is 0 Å². The molecule has 12 heavy (non-hydrogen) atoms. The lowest BCUT2D eigenvalue weighted by Crippen LogP contribution is -1.61. The van der Waals surface area contributed by atoms with Crippen LogP contribution in [0.3, 0.4) is 0 Å². The van der Waals surface area contributed by atoms with E-state index < -0.39 is 0 Å². The van der Waals surface area contributed by atoms with Crippen molar-refractivity contribution in [3.05, 3.63) is 24.8 Å². The van der Waals surface area contributed by atoms with Crippen LogP contribution in [0.1, 0.15) is 0 Å². The number of hydrogen-bond donors (Lipinski definition) is 2. The molecule has 2 heterocycles. The van der Waals surface area contributed by atoms with E-state index in [4.69, 9.17) is 0 Å². The van der Waals surface area contributed by atoms with Crippen molar-refractivity contribution in [2.24, 2.45) is 0 Å². The number of aromatic nitrogens is 6. The molecule has 0 spiro atoms. The zero-order valence-corrected chi connectivity index (χ0v) is 7.80. The van der Waals surface area contributed by atoms with Gasteiger partial charge in [0.15, 0.2) is 0 Å². The maximum Gasteiger partial charge on any atom is 0.0690 e. The fraction of sp³-hybridized carbons (Fsp3) is 0. The van der Waals surface area contributed by atoms with Crippen LogP contribution in [0.5, 0.6) is 0 Å². The lowest BCUT2D eigenvalue weighted by molar-refractivity contribution is 0.940. The standard InChI is InChI=1S/2C2H3N3.B.Mg/c2*1-2-4-5-3-1;;/h2*1-2H,(H,3,4,5);;. The van der Waals surface area contributed by atoms with Gasteiger partial charge in [-0.1, -0.05) is 10.4 Å². The summed E-state index contributed by atoms with van der Waals surface area (Å²) in [5.41, 5.74) is 0. The molecule has 0 fully saturated rings. The Balaban J connectivity index is 0. The van der Waals surface area contributed by atoms with Gasteiger partial charge in [-0.15, -0.1) is 10.2 Å². The topological polar surface area (TPSA) is 83.1 Å². The van der Waals surface area contributed by atoms with Crippen molar-refractivity contribution in [3.63, 3.8) is 0 Å². The largest absolute Gasteiger partial charge is 0.266 e. The molecular formula is C4H6BMgN6. The Morgan fingerprint density at radius 1 is 0.833 bits per heavy atom. The van der Waals surface area contributed by atoms with Crippen molar-refractivity contribution in [1.82, 2.24) is 30.8 Å². The van der Waals surface area contributed by atoms with Crippen molar-refractivity contribution in [2.45, 2.75) is 0 Å². The second-order valence-corrected chi connectivity index (χ2v) is 1.32. The van der Waals surface area contributed by atoms with Crippen LogP contribution in [-0.2, 0) is 0 Å². The summed E-state index contributed by atoms with van der Waals surface area (Å²) >= 11 is 0. The molecule has 0 atom stereocenters. The summed E-state index contributed by atoms with van der Waals surface area (Å²) in [6.07, 6.45) is 6.47. The van der Waals surface area contributed by atoms with Crippen LogP contribution < -0.4 is 0 Å². The van der Waals surface area contributed by atoms with E-state index >= 15 is 0 Å². The van der Waals surface area contributed by atoms with Gasteiger partial charge in [0.1, 0.15) is 0 Å². The van der Waals surface area contributed by atoms with Gasteiger partial charge >= 0.3 is 0 Å². The van der Waals surface area contributed by atoms with Crippen molar-refractivity contribution in [2.75, 3.05) is 0 Å². The first kappa shape index (κ1) is 13.7. The van der Waals surface area contributed by atoms with Crippen LogP contribution in [0, 0.1) is 0 Å². The van der Waals surface area contributed by atoms with Gasteiger partial charge in [0, 0.05) is 43.9 Å². The first-order valence-corrected chi connectivity index (χ1v) is 2.61. The zero-order chi connectivity index (χ0) is 7.07. The third-order valence-electron chi connectivity index (χ3n) is 0.662. The summed E-state index contributed by atoms with van der Waals surface area (Å²) in [7, 11) is 0. The Labute approximate surface area is 87.3 Å². The summed E-state index contributed by atoms with van der Waals surface area (Å²) in [6, 6.07) is 0. The summed E-state index contributed by atoms with van der Waals surface area (Å²) in [4.78, 5) is 0. The Bertz CT molecular complexity index is 159. The van der Waals surface area contributed by atoms with Crippen LogP contribution in [0.15, 0.2) is 24.8 Å². The highest BCUT2D eigenvalue weighted by atomic mass is 24.3. The third kappa shape index (κ3) is 7.22. The molecule has 57 valence electrons. The van der Waals surface area contributed by atoms with Gasteiger partial charge in [0.2, 0.25) is 0 Å². The molecule has 0 aliphatic heterocycles. The van der Waals surface area contributed by atoms with E-state index in [2.05, 4.69) is 30.8 Å². The normalized spacial score (nSPS) is 6.67. The molecule has 8 heteroatoms. The molecule has 0 saturated heterocycles. The summed E-state index contributed by atoms with van der Waals surface area (Å²) in [6.45, 7) is 0. The molecule has 2 aromatic heterocycles. The molecule has 6 nitrogen and oxygen atoms in total. The first-order valence-electron chi connectivity index (χ1n) is 2.61. The maximum atomic E-state index is 3.42. The van der Waals surface area contributed by atoms with Crippen LogP contribution in [0.4, 0.5) is 0 Å². The molecule has 5 radical (unpaired) electrons. The Morgan fingerprint density at radius 3 is 1.33 bits per heavy atom. The van der Waals surface area contributed by atoms with E-state index in [1.54, 1.807) is 24.8 Å².